The molecule has 1 aromatic heterocycles. The molecule has 0 saturated heterocycles. The Kier molecular flexibility index (Phi) is 5.93. The normalized spacial score (nSPS) is 10.6. The quantitative estimate of drug-likeness (QED) is 0.384. The van der Waals surface area contributed by atoms with E-state index in [0.717, 1.165) is 10.3 Å². The number of hydrogen-bond acceptors (Lipinski definition) is 4. The van der Waals surface area contributed by atoms with Crippen LogP contribution < -0.4 is 10.6 Å². The first-order valence-corrected chi connectivity index (χ1v) is 10.9. The Balaban J connectivity index is 1.34. The molecule has 2 amide bonds. The molecule has 1 heterocycles. The van der Waals surface area contributed by atoms with Gasteiger partial charge in [0.25, 0.3) is 5.91 Å². The summed E-state index contributed by atoms with van der Waals surface area (Å²) in [4.78, 5) is 26.2. The molecule has 0 radical (unpaired) electrons. The van der Waals surface area contributed by atoms with Crippen molar-refractivity contribution in [2.24, 2.45) is 0 Å². The van der Waals surface area contributed by atoms with Gasteiger partial charge in [-0.3, -0.25) is 9.59 Å². The van der Waals surface area contributed by atoms with Crippen molar-refractivity contribution in [3.63, 3.8) is 0 Å². The Morgan fingerprint density at radius 1 is 0.793 bits per heavy atom. The number of rotatable bonds is 6. The molecule has 2 N–H and O–H groups in total. The highest BCUT2D eigenvalue weighted by Crippen LogP contribution is 2.24. The smallest absolute Gasteiger partial charge is 0.265 e. The number of hydrogen-bond donors (Lipinski definition) is 2. The fraction of sp³-hybridized carbons (Fsp3) is 0.0435. The topological polar surface area (TPSA) is 58.2 Å². The number of thioether (sulfide) groups is 1. The first-order chi connectivity index (χ1) is 14.2. The molecule has 0 unspecified atom stereocenters. The second-order valence-corrected chi connectivity index (χ2v) is 8.35. The molecule has 6 heteroatoms. The predicted molar refractivity (Wildman–Crippen MR) is 122 cm³/mol. The van der Waals surface area contributed by atoms with Crippen LogP contribution in [0.3, 0.4) is 0 Å². The number of fused-ring (bicyclic) bond motifs is 1. The fourth-order valence-electron chi connectivity index (χ4n) is 2.88. The molecule has 0 spiro atoms. The maximum absolute atomic E-state index is 12.4. The number of thiophene rings is 1. The second-order valence-electron chi connectivity index (χ2n) is 6.36. The molecule has 0 aliphatic heterocycles. The van der Waals surface area contributed by atoms with Gasteiger partial charge in [0.1, 0.15) is 0 Å². The third kappa shape index (κ3) is 5.04. The lowest BCUT2D eigenvalue weighted by atomic mass is 10.1. The molecular formula is C23H18N2O2S2. The third-order valence-corrected chi connectivity index (χ3v) is 6.10. The Bertz CT molecular complexity index is 1160. The van der Waals surface area contributed by atoms with Crippen LogP contribution in [0.1, 0.15) is 9.67 Å². The van der Waals surface area contributed by atoms with Crippen molar-refractivity contribution in [2.45, 2.75) is 4.90 Å². The summed E-state index contributed by atoms with van der Waals surface area (Å²) in [6.45, 7) is 0. The van der Waals surface area contributed by atoms with E-state index in [4.69, 9.17) is 0 Å². The van der Waals surface area contributed by atoms with Crippen LogP contribution in [0.15, 0.2) is 89.1 Å². The van der Waals surface area contributed by atoms with Gasteiger partial charge in [-0.15, -0.1) is 23.1 Å². The Morgan fingerprint density at radius 2 is 1.59 bits per heavy atom. The zero-order chi connectivity index (χ0) is 20.1. The maximum Gasteiger partial charge on any atom is 0.265 e. The summed E-state index contributed by atoms with van der Waals surface area (Å²) in [5.41, 5.74) is 1.29. The SMILES string of the molecule is O=C(CSc1ccc2ccccc2c1)Nc1cccc(NC(=O)c2cccs2)c1. The van der Waals surface area contributed by atoms with Crippen molar-refractivity contribution >= 4 is 57.1 Å². The molecule has 4 nitrogen and oxygen atoms in total. The predicted octanol–water partition coefficient (Wildman–Crippen LogP) is 5.88. The molecule has 0 aliphatic carbocycles. The Morgan fingerprint density at radius 3 is 2.38 bits per heavy atom. The van der Waals surface area contributed by atoms with Crippen LogP contribution in [0, 0.1) is 0 Å². The average molecular weight is 419 g/mol. The summed E-state index contributed by atoms with van der Waals surface area (Å²) in [5.74, 6) is 0.0599. The summed E-state index contributed by atoms with van der Waals surface area (Å²) in [6, 6.07) is 25.1. The van der Waals surface area contributed by atoms with Crippen molar-refractivity contribution in [1.29, 1.82) is 0 Å². The van der Waals surface area contributed by atoms with E-state index in [2.05, 4.69) is 34.9 Å². The van der Waals surface area contributed by atoms with Crippen molar-refractivity contribution < 1.29 is 9.59 Å². The summed E-state index contributed by atoms with van der Waals surface area (Å²) < 4.78 is 0. The molecule has 3 aromatic carbocycles. The number of nitrogens with one attached hydrogen (secondary N) is 2. The lowest BCUT2D eigenvalue weighted by molar-refractivity contribution is -0.113. The monoisotopic (exact) mass is 418 g/mol. The first-order valence-electron chi connectivity index (χ1n) is 9.04. The van der Waals surface area contributed by atoms with E-state index in [0.29, 0.717) is 22.0 Å². The summed E-state index contributed by atoms with van der Waals surface area (Å²) in [6.07, 6.45) is 0. The van der Waals surface area contributed by atoms with Crippen LogP contribution >= 0.6 is 23.1 Å². The molecule has 0 aliphatic rings. The van der Waals surface area contributed by atoms with Crippen LogP contribution in [-0.2, 0) is 4.79 Å². The third-order valence-electron chi connectivity index (χ3n) is 4.24. The zero-order valence-corrected chi connectivity index (χ0v) is 17.1. The van der Waals surface area contributed by atoms with Crippen LogP contribution in [-0.4, -0.2) is 17.6 Å². The maximum atomic E-state index is 12.4. The lowest BCUT2D eigenvalue weighted by Gasteiger charge is -2.09. The number of anilines is 2. The van der Waals surface area contributed by atoms with E-state index in [-0.39, 0.29) is 11.8 Å². The van der Waals surface area contributed by atoms with Crippen molar-refractivity contribution in [3.8, 4) is 0 Å². The standard InChI is InChI=1S/C23H18N2O2S2/c26-22(15-29-20-11-10-16-5-1-2-6-17(16)13-20)24-18-7-3-8-19(14-18)25-23(27)21-9-4-12-28-21/h1-14H,15H2,(H,24,26)(H,25,27). The minimum Gasteiger partial charge on any atom is -0.325 e. The Hall–Kier alpha value is -3.09. The molecule has 4 aromatic rings. The lowest BCUT2D eigenvalue weighted by Crippen LogP contribution is -2.15. The summed E-state index contributed by atoms with van der Waals surface area (Å²) in [7, 11) is 0. The van der Waals surface area contributed by atoms with E-state index in [1.54, 1.807) is 30.3 Å². The summed E-state index contributed by atoms with van der Waals surface area (Å²) in [5, 5.41) is 9.94. The second kappa shape index (κ2) is 8.94. The van der Waals surface area contributed by atoms with E-state index in [9.17, 15) is 9.59 Å². The van der Waals surface area contributed by atoms with Crippen molar-refractivity contribution in [1.82, 2.24) is 0 Å². The van der Waals surface area contributed by atoms with Gasteiger partial charge in [0.2, 0.25) is 5.91 Å². The van der Waals surface area contributed by atoms with Gasteiger partial charge in [-0.05, 0) is 52.6 Å². The van der Waals surface area contributed by atoms with Gasteiger partial charge < -0.3 is 10.6 Å². The summed E-state index contributed by atoms with van der Waals surface area (Å²) >= 11 is 2.88. The molecule has 0 fully saturated rings. The van der Waals surface area contributed by atoms with Crippen molar-refractivity contribution in [3.05, 3.63) is 89.1 Å². The first kappa shape index (κ1) is 19.2. The minimum absolute atomic E-state index is 0.0927. The molecule has 0 saturated carbocycles. The van der Waals surface area contributed by atoms with E-state index in [1.807, 2.05) is 29.6 Å². The van der Waals surface area contributed by atoms with Crippen molar-refractivity contribution in [2.75, 3.05) is 16.4 Å². The van der Waals surface area contributed by atoms with Gasteiger partial charge in [-0.25, -0.2) is 0 Å². The van der Waals surface area contributed by atoms with E-state index >= 15 is 0 Å². The van der Waals surface area contributed by atoms with Gasteiger partial charge in [-0.1, -0.05) is 42.5 Å². The van der Waals surface area contributed by atoms with Crippen LogP contribution in [0.4, 0.5) is 11.4 Å². The molecule has 0 bridgehead atoms. The van der Waals surface area contributed by atoms with Gasteiger partial charge in [0, 0.05) is 16.3 Å². The largest absolute Gasteiger partial charge is 0.325 e. The number of benzene rings is 3. The van der Waals surface area contributed by atoms with Crippen LogP contribution in [0.25, 0.3) is 10.8 Å². The number of amides is 2. The number of carbonyl (C=O) groups is 2. The highest BCUT2D eigenvalue weighted by molar-refractivity contribution is 8.00. The molecule has 4 rings (SSSR count). The van der Waals surface area contributed by atoms with Crippen LogP contribution in [0.2, 0.25) is 0 Å². The highest BCUT2D eigenvalue weighted by atomic mass is 32.2. The molecule has 0 atom stereocenters. The van der Waals surface area contributed by atoms with E-state index in [1.165, 1.54) is 28.5 Å². The van der Waals surface area contributed by atoms with Gasteiger partial charge in [0.15, 0.2) is 0 Å². The van der Waals surface area contributed by atoms with Gasteiger partial charge in [-0.2, -0.15) is 0 Å². The fourth-order valence-corrected chi connectivity index (χ4v) is 4.24. The molecule has 29 heavy (non-hydrogen) atoms. The van der Waals surface area contributed by atoms with E-state index < -0.39 is 0 Å². The Labute approximate surface area is 177 Å². The molecular weight excluding hydrogens is 400 g/mol. The highest BCUT2D eigenvalue weighted by Gasteiger charge is 2.09. The number of carbonyl (C=O) groups excluding carboxylic acids is 2. The molecule has 144 valence electrons. The average Bonchev–Trinajstić information content (AvgIpc) is 3.27. The zero-order valence-electron chi connectivity index (χ0n) is 15.4. The van der Waals surface area contributed by atoms with Gasteiger partial charge in [0.05, 0.1) is 10.6 Å². The van der Waals surface area contributed by atoms with Crippen LogP contribution in [0.5, 0.6) is 0 Å². The minimum atomic E-state index is -0.157. The van der Waals surface area contributed by atoms with Gasteiger partial charge >= 0.3 is 0 Å².